The summed E-state index contributed by atoms with van der Waals surface area (Å²) in [5.74, 6) is -3.11. The monoisotopic (exact) mass is 461 g/mol. The standard InChI is InChI=1S/C23H25F2N3O5/c1-32-23(31)7-10-27-12-17(33-15-16-5-8-26-9-6-16)13-28(14-22(27)30)21(29)11-18-19(24)3-2-4-20(18)25/h2-6,8-9,17H,7,10-15H2,1H3. The number of nitrogens with zero attached hydrogens (tertiary/aromatic N) is 3. The predicted molar refractivity (Wildman–Crippen MR) is 113 cm³/mol. The van der Waals surface area contributed by atoms with Crippen molar-refractivity contribution in [3.63, 3.8) is 0 Å². The fourth-order valence-electron chi connectivity index (χ4n) is 3.48. The van der Waals surface area contributed by atoms with E-state index < -0.39 is 41.9 Å². The van der Waals surface area contributed by atoms with Gasteiger partial charge in [-0.1, -0.05) is 6.07 Å². The number of halogens is 2. The summed E-state index contributed by atoms with van der Waals surface area (Å²) in [6.45, 7) is 0.241. The van der Waals surface area contributed by atoms with Gasteiger partial charge in [-0.05, 0) is 29.8 Å². The second-order valence-electron chi connectivity index (χ2n) is 7.61. The first-order valence-corrected chi connectivity index (χ1v) is 10.4. The van der Waals surface area contributed by atoms with Crippen molar-refractivity contribution in [2.75, 3.05) is 33.3 Å². The summed E-state index contributed by atoms with van der Waals surface area (Å²) in [5.41, 5.74) is 0.504. The zero-order chi connectivity index (χ0) is 23.8. The number of hydrogen-bond donors (Lipinski definition) is 0. The van der Waals surface area contributed by atoms with Gasteiger partial charge in [0.15, 0.2) is 0 Å². The van der Waals surface area contributed by atoms with Crippen molar-refractivity contribution in [2.45, 2.75) is 25.6 Å². The molecule has 0 N–H and O–H groups in total. The molecule has 0 aliphatic carbocycles. The highest BCUT2D eigenvalue weighted by Gasteiger charge is 2.31. The largest absolute Gasteiger partial charge is 0.469 e. The van der Waals surface area contributed by atoms with Gasteiger partial charge < -0.3 is 19.3 Å². The molecule has 0 radical (unpaired) electrons. The Kier molecular flexibility index (Phi) is 8.42. The van der Waals surface area contributed by atoms with Gasteiger partial charge in [-0.15, -0.1) is 0 Å². The lowest BCUT2D eigenvalue weighted by molar-refractivity contribution is -0.142. The first kappa shape index (κ1) is 24.2. The van der Waals surface area contributed by atoms with Gasteiger partial charge in [-0.2, -0.15) is 0 Å². The van der Waals surface area contributed by atoms with Crippen molar-refractivity contribution in [2.24, 2.45) is 0 Å². The topological polar surface area (TPSA) is 89.0 Å². The molecule has 1 atom stereocenters. The maximum Gasteiger partial charge on any atom is 0.307 e. The first-order valence-electron chi connectivity index (χ1n) is 10.4. The van der Waals surface area contributed by atoms with Gasteiger partial charge >= 0.3 is 5.97 Å². The Morgan fingerprint density at radius 3 is 2.48 bits per heavy atom. The zero-order valence-electron chi connectivity index (χ0n) is 18.2. The lowest BCUT2D eigenvalue weighted by Crippen LogP contribution is -2.41. The van der Waals surface area contributed by atoms with Crippen molar-refractivity contribution in [3.8, 4) is 0 Å². The van der Waals surface area contributed by atoms with Crippen LogP contribution in [0.1, 0.15) is 17.5 Å². The molecule has 2 aromatic rings. The molecule has 8 nitrogen and oxygen atoms in total. The van der Waals surface area contributed by atoms with Gasteiger partial charge in [-0.3, -0.25) is 19.4 Å². The Bertz CT molecular complexity index is 969. The van der Waals surface area contributed by atoms with Crippen LogP contribution < -0.4 is 0 Å². The minimum absolute atomic E-state index is 0.00625. The smallest absolute Gasteiger partial charge is 0.307 e. The molecule has 1 fully saturated rings. The minimum atomic E-state index is -0.824. The first-order chi connectivity index (χ1) is 15.9. The van der Waals surface area contributed by atoms with Crippen molar-refractivity contribution >= 4 is 17.8 Å². The van der Waals surface area contributed by atoms with Gasteiger partial charge in [0.25, 0.3) is 0 Å². The number of benzene rings is 1. The molecule has 0 saturated carbocycles. The van der Waals surface area contributed by atoms with Crippen molar-refractivity contribution in [1.29, 1.82) is 0 Å². The molecule has 1 unspecified atom stereocenters. The highest BCUT2D eigenvalue weighted by molar-refractivity contribution is 5.86. The van der Waals surface area contributed by atoms with E-state index in [0.717, 1.165) is 17.7 Å². The van der Waals surface area contributed by atoms with Crippen LogP contribution in [0.25, 0.3) is 0 Å². The lowest BCUT2D eigenvalue weighted by Gasteiger charge is -2.25. The Balaban J connectivity index is 1.74. The number of ether oxygens (including phenoxy) is 2. The Morgan fingerprint density at radius 1 is 1.12 bits per heavy atom. The molecular weight excluding hydrogens is 436 g/mol. The summed E-state index contributed by atoms with van der Waals surface area (Å²) in [4.78, 5) is 43.9. The number of rotatable bonds is 8. The SMILES string of the molecule is COC(=O)CCN1CC(OCc2ccncc2)CN(C(=O)Cc2c(F)cccc2F)CC1=O. The molecule has 176 valence electrons. The molecule has 0 bridgehead atoms. The summed E-state index contributed by atoms with van der Waals surface area (Å²) < 4.78 is 38.7. The van der Waals surface area contributed by atoms with E-state index in [2.05, 4.69) is 9.72 Å². The summed E-state index contributed by atoms with van der Waals surface area (Å²) in [5, 5.41) is 0. The maximum absolute atomic E-state index is 14.0. The third-order valence-corrected chi connectivity index (χ3v) is 5.32. The highest BCUT2D eigenvalue weighted by atomic mass is 19.1. The zero-order valence-corrected chi connectivity index (χ0v) is 18.2. The number of hydrogen-bond acceptors (Lipinski definition) is 6. The molecule has 0 spiro atoms. The van der Waals surface area contributed by atoms with E-state index in [9.17, 15) is 23.2 Å². The number of carbonyl (C=O) groups is 3. The summed E-state index contributed by atoms with van der Waals surface area (Å²) in [7, 11) is 1.26. The van der Waals surface area contributed by atoms with Crippen LogP contribution in [-0.2, 0) is 36.9 Å². The molecule has 10 heteroatoms. The van der Waals surface area contributed by atoms with Crippen molar-refractivity contribution in [3.05, 3.63) is 65.5 Å². The van der Waals surface area contributed by atoms with Crippen LogP contribution in [0, 0.1) is 11.6 Å². The second kappa shape index (κ2) is 11.5. The van der Waals surface area contributed by atoms with Gasteiger partial charge in [0, 0.05) is 37.6 Å². The van der Waals surface area contributed by atoms with E-state index >= 15 is 0 Å². The number of aromatic nitrogens is 1. The molecule has 1 aliphatic rings. The van der Waals surface area contributed by atoms with Gasteiger partial charge in [0.1, 0.15) is 11.6 Å². The number of methoxy groups -OCH3 is 1. The summed E-state index contributed by atoms with van der Waals surface area (Å²) >= 11 is 0. The minimum Gasteiger partial charge on any atom is -0.469 e. The fraction of sp³-hybridized carbons (Fsp3) is 0.391. The maximum atomic E-state index is 14.0. The van der Waals surface area contributed by atoms with Gasteiger partial charge in [-0.25, -0.2) is 8.78 Å². The Labute approximate surface area is 190 Å². The number of amides is 2. The Hall–Kier alpha value is -3.40. The molecule has 1 saturated heterocycles. The average molecular weight is 461 g/mol. The van der Waals surface area contributed by atoms with Crippen LogP contribution in [0.3, 0.4) is 0 Å². The van der Waals surface area contributed by atoms with E-state index in [1.165, 1.54) is 23.0 Å². The van der Waals surface area contributed by atoms with Crippen molar-refractivity contribution < 1.29 is 32.6 Å². The van der Waals surface area contributed by atoms with Crippen LogP contribution in [0.15, 0.2) is 42.7 Å². The molecule has 33 heavy (non-hydrogen) atoms. The molecule has 3 rings (SSSR count). The van der Waals surface area contributed by atoms with Crippen molar-refractivity contribution in [1.82, 2.24) is 14.8 Å². The third-order valence-electron chi connectivity index (χ3n) is 5.32. The molecular formula is C23H25F2N3O5. The van der Waals surface area contributed by atoms with E-state index in [1.807, 2.05) is 0 Å². The third kappa shape index (κ3) is 6.79. The van der Waals surface area contributed by atoms with E-state index in [-0.39, 0.29) is 44.8 Å². The number of esters is 1. The molecule has 2 heterocycles. The second-order valence-corrected chi connectivity index (χ2v) is 7.61. The fourth-order valence-corrected chi connectivity index (χ4v) is 3.48. The molecule has 2 amide bonds. The van der Waals surface area contributed by atoms with E-state index in [4.69, 9.17) is 4.74 Å². The van der Waals surface area contributed by atoms with Crippen LogP contribution in [0.2, 0.25) is 0 Å². The normalized spacial score (nSPS) is 16.5. The van der Waals surface area contributed by atoms with Crippen LogP contribution in [0.5, 0.6) is 0 Å². The predicted octanol–water partition coefficient (Wildman–Crippen LogP) is 1.72. The van der Waals surface area contributed by atoms with Crippen LogP contribution in [0.4, 0.5) is 8.78 Å². The number of pyridine rings is 1. The molecule has 1 aromatic heterocycles. The summed E-state index contributed by atoms with van der Waals surface area (Å²) in [6, 6.07) is 6.93. The van der Waals surface area contributed by atoms with Crippen LogP contribution >= 0.6 is 0 Å². The average Bonchev–Trinajstić information content (AvgIpc) is 2.97. The molecule has 1 aliphatic heterocycles. The van der Waals surface area contributed by atoms with Crippen LogP contribution in [-0.4, -0.2) is 72.0 Å². The number of carbonyl (C=O) groups excluding carboxylic acids is 3. The Morgan fingerprint density at radius 2 is 1.82 bits per heavy atom. The highest BCUT2D eigenvalue weighted by Crippen LogP contribution is 2.17. The van der Waals surface area contributed by atoms with Gasteiger partial charge in [0.2, 0.25) is 11.8 Å². The van der Waals surface area contributed by atoms with E-state index in [0.29, 0.717) is 0 Å². The quantitative estimate of drug-likeness (QED) is 0.557. The lowest BCUT2D eigenvalue weighted by atomic mass is 10.1. The molecule has 1 aromatic carbocycles. The van der Waals surface area contributed by atoms with E-state index in [1.54, 1.807) is 24.5 Å². The summed E-state index contributed by atoms with van der Waals surface area (Å²) in [6.07, 6.45) is 2.14. The van der Waals surface area contributed by atoms with Gasteiger partial charge in [0.05, 0.1) is 39.2 Å².